The zero-order valence-corrected chi connectivity index (χ0v) is 4.65. The maximum absolute atomic E-state index is 5.17. The van der Waals surface area contributed by atoms with E-state index in [2.05, 4.69) is 5.32 Å². The first-order valence-electron chi connectivity index (χ1n) is 2.46. The van der Waals surface area contributed by atoms with Crippen LogP contribution in [0.1, 0.15) is 6.92 Å². The summed E-state index contributed by atoms with van der Waals surface area (Å²) in [6, 6.07) is 0. The van der Waals surface area contributed by atoms with Gasteiger partial charge in [-0.2, -0.15) is 0 Å². The molecule has 0 aliphatic heterocycles. The summed E-state index contributed by atoms with van der Waals surface area (Å²) in [6.45, 7) is 3.53. The monoisotopic (exact) mass is 100 g/mol. The van der Waals surface area contributed by atoms with E-state index in [9.17, 15) is 0 Å². The van der Waals surface area contributed by atoms with E-state index >= 15 is 0 Å². The Labute approximate surface area is 44.4 Å². The summed E-state index contributed by atoms with van der Waals surface area (Å²) >= 11 is 0. The molecule has 0 aliphatic carbocycles. The van der Waals surface area contributed by atoms with Crippen LogP contribution in [0.4, 0.5) is 0 Å². The van der Waals surface area contributed by atoms with E-state index in [0.29, 0.717) is 6.54 Å². The van der Waals surface area contributed by atoms with E-state index in [1.807, 2.05) is 19.2 Å². The fraction of sp³-hybridized carbons (Fsp3) is 0.600. The van der Waals surface area contributed by atoms with Gasteiger partial charge in [-0.3, -0.25) is 0 Å². The molecule has 0 rings (SSSR count). The molecule has 0 aromatic carbocycles. The fourth-order valence-electron chi connectivity index (χ4n) is 0.285. The zero-order valence-electron chi connectivity index (χ0n) is 4.65. The first kappa shape index (κ1) is 6.50. The van der Waals surface area contributed by atoms with Crippen LogP contribution in [0, 0.1) is 0 Å². The third-order valence-electron chi connectivity index (χ3n) is 0.573. The molecule has 0 spiro atoms. The lowest BCUT2D eigenvalue weighted by atomic mass is 10.6. The Balaban J connectivity index is 2.69. The van der Waals surface area contributed by atoms with Crippen molar-refractivity contribution < 1.29 is 0 Å². The lowest BCUT2D eigenvalue weighted by molar-refractivity contribution is 0.841. The highest BCUT2D eigenvalue weighted by Crippen LogP contribution is 1.58. The summed E-state index contributed by atoms with van der Waals surface area (Å²) in [4.78, 5) is 0. The molecule has 0 aromatic heterocycles. The molecular formula is C5H12N2. The molecule has 0 unspecified atom stereocenters. The third kappa shape index (κ3) is 5.50. The fourth-order valence-corrected chi connectivity index (χ4v) is 0.285. The predicted octanol–water partition coefficient (Wildman–Crippen LogP) is 0.0683. The van der Waals surface area contributed by atoms with Crippen LogP contribution in [0.5, 0.6) is 0 Å². The minimum Gasteiger partial charge on any atom is -0.390 e. The SMILES string of the molecule is CC=CNCCN. The number of nitrogens with one attached hydrogen (secondary N) is 1. The Morgan fingerprint density at radius 1 is 1.71 bits per heavy atom. The summed E-state index contributed by atoms with van der Waals surface area (Å²) in [5, 5.41) is 2.98. The first-order valence-corrected chi connectivity index (χ1v) is 2.46. The average molecular weight is 100 g/mol. The Morgan fingerprint density at radius 3 is 2.86 bits per heavy atom. The van der Waals surface area contributed by atoms with Gasteiger partial charge in [0.2, 0.25) is 0 Å². The average Bonchev–Trinajstić information content (AvgIpc) is 1.69. The van der Waals surface area contributed by atoms with Crippen molar-refractivity contribution in [3.63, 3.8) is 0 Å². The van der Waals surface area contributed by atoms with Crippen molar-refractivity contribution in [2.24, 2.45) is 5.73 Å². The molecule has 0 aromatic rings. The van der Waals surface area contributed by atoms with E-state index in [4.69, 9.17) is 5.73 Å². The van der Waals surface area contributed by atoms with Crippen molar-refractivity contribution >= 4 is 0 Å². The van der Waals surface area contributed by atoms with E-state index in [1.54, 1.807) is 0 Å². The van der Waals surface area contributed by atoms with Crippen LogP contribution in [0.3, 0.4) is 0 Å². The molecule has 0 aliphatic rings. The Morgan fingerprint density at radius 2 is 2.43 bits per heavy atom. The predicted molar refractivity (Wildman–Crippen MR) is 31.9 cm³/mol. The lowest BCUT2D eigenvalue weighted by Gasteiger charge is -1.91. The molecule has 42 valence electrons. The number of nitrogens with two attached hydrogens (primary N) is 1. The van der Waals surface area contributed by atoms with Gasteiger partial charge in [0.15, 0.2) is 0 Å². The van der Waals surface area contributed by atoms with Crippen molar-refractivity contribution in [1.29, 1.82) is 0 Å². The molecule has 0 fully saturated rings. The normalized spacial score (nSPS) is 10.0. The van der Waals surface area contributed by atoms with Gasteiger partial charge in [-0.25, -0.2) is 0 Å². The molecule has 0 radical (unpaired) electrons. The molecular weight excluding hydrogens is 88.1 g/mol. The van der Waals surface area contributed by atoms with Gasteiger partial charge in [0.05, 0.1) is 0 Å². The summed E-state index contributed by atoms with van der Waals surface area (Å²) in [5.41, 5.74) is 5.17. The number of hydrogen-bond donors (Lipinski definition) is 2. The maximum atomic E-state index is 5.17. The lowest BCUT2D eigenvalue weighted by Crippen LogP contribution is -2.16. The Kier molecular flexibility index (Phi) is 5.11. The second-order valence-electron chi connectivity index (χ2n) is 1.24. The molecule has 0 atom stereocenters. The molecule has 0 bridgehead atoms. The van der Waals surface area contributed by atoms with Crippen LogP contribution in [0.2, 0.25) is 0 Å². The zero-order chi connectivity index (χ0) is 5.54. The quantitative estimate of drug-likeness (QED) is 0.492. The van der Waals surface area contributed by atoms with E-state index < -0.39 is 0 Å². The van der Waals surface area contributed by atoms with E-state index in [-0.39, 0.29) is 0 Å². The topological polar surface area (TPSA) is 38.0 Å². The molecule has 2 nitrogen and oxygen atoms in total. The molecule has 7 heavy (non-hydrogen) atoms. The number of hydrogen-bond acceptors (Lipinski definition) is 2. The van der Waals surface area contributed by atoms with Crippen LogP contribution in [0.15, 0.2) is 12.3 Å². The van der Waals surface area contributed by atoms with Gasteiger partial charge in [0.1, 0.15) is 0 Å². The summed E-state index contributed by atoms with van der Waals surface area (Å²) in [6.07, 6.45) is 3.82. The van der Waals surface area contributed by atoms with Gasteiger partial charge in [0, 0.05) is 13.1 Å². The molecule has 3 N–H and O–H groups in total. The van der Waals surface area contributed by atoms with Crippen molar-refractivity contribution in [2.75, 3.05) is 13.1 Å². The van der Waals surface area contributed by atoms with Gasteiger partial charge in [-0.15, -0.1) is 0 Å². The smallest absolute Gasteiger partial charge is 0.0264 e. The van der Waals surface area contributed by atoms with Gasteiger partial charge in [0.25, 0.3) is 0 Å². The summed E-state index contributed by atoms with van der Waals surface area (Å²) in [7, 11) is 0. The van der Waals surface area contributed by atoms with Crippen LogP contribution < -0.4 is 11.1 Å². The highest BCUT2D eigenvalue weighted by molar-refractivity contribution is 4.73. The Bertz CT molecular complexity index is 50.0. The third-order valence-corrected chi connectivity index (χ3v) is 0.573. The minimum absolute atomic E-state index is 0.699. The molecule has 0 saturated carbocycles. The van der Waals surface area contributed by atoms with Crippen molar-refractivity contribution in [3.05, 3.63) is 12.3 Å². The first-order chi connectivity index (χ1) is 3.41. The number of rotatable bonds is 3. The highest BCUT2D eigenvalue weighted by atomic mass is 14.8. The van der Waals surface area contributed by atoms with Crippen molar-refractivity contribution in [1.82, 2.24) is 5.32 Å². The van der Waals surface area contributed by atoms with E-state index in [1.165, 1.54) is 0 Å². The summed E-state index contributed by atoms with van der Waals surface area (Å²) < 4.78 is 0. The van der Waals surface area contributed by atoms with Crippen LogP contribution in [-0.2, 0) is 0 Å². The number of allylic oxidation sites excluding steroid dienone is 1. The van der Waals surface area contributed by atoms with Crippen LogP contribution >= 0.6 is 0 Å². The molecule has 0 saturated heterocycles. The van der Waals surface area contributed by atoms with Gasteiger partial charge in [-0.05, 0) is 13.1 Å². The molecule has 0 heterocycles. The minimum atomic E-state index is 0.699. The standard InChI is InChI=1S/C5H12N2/c1-2-4-7-5-3-6/h2,4,7H,3,5-6H2,1H3. The highest BCUT2D eigenvalue weighted by Gasteiger charge is 1.68. The van der Waals surface area contributed by atoms with Crippen molar-refractivity contribution in [2.45, 2.75) is 6.92 Å². The van der Waals surface area contributed by atoms with Gasteiger partial charge in [-0.1, -0.05) is 6.08 Å². The second-order valence-corrected chi connectivity index (χ2v) is 1.24. The van der Waals surface area contributed by atoms with Gasteiger partial charge >= 0.3 is 0 Å². The summed E-state index contributed by atoms with van der Waals surface area (Å²) in [5.74, 6) is 0. The van der Waals surface area contributed by atoms with Crippen LogP contribution in [-0.4, -0.2) is 13.1 Å². The molecule has 2 heteroatoms. The maximum Gasteiger partial charge on any atom is 0.0264 e. The largest absolute Gasteiger partial charge is 0.390 e. The van der Waals surface area contributed by atoms with Crippen LogP contribution in [0.25, 0.3) is 0 Å². The van der Waals surface area contributed by atoms with Crippen molar-refractivity contribution in [3.8, 4) is 0 Å². The molecule has 0 amide bonds. The van der Waals surface area contributed by atoms with E-state index in [0.717, 1.165) is 6.54 Å². The second kappa shape index (κ2) is 5.50. The van der Waals surface area contributed by atoms with Gasteiger partial charge < -0.3 is 11.1 Å². The Hall–Kier alpha value is -0.500.